The Morgan fingerprint density at radius 2 is 1.53 bits per heavy atom. The largest absolute Gasteiger partial charge is 0.393 e. The number of hydroxylamine groups is 2. The number of nitrogens with zero attached hydrogens (tertiary/aromatic N) is 1. The van der Waals surface area contributed by atoms with E-state index in [1.807, 2.05) is 0 Å². The third-order valence-corrected chi connectivity index (χ3v) is 3.74. The fraction of sp³-hybridized carbons (Fsp3) is 1.00. The van der Waals surface area contributed by atoms with Gasteiger partial charge in [-0.25, -0.2) is 0 Å². The minimum absolute atomic E-state index is 0.107. The monoisotopic (exact) mass is 243 g/mol. The van der Waals surface area contributed by atoms with E-state index in [4.69, 9.17) is 4.84 Å². The maximum absolute atomic E-state index is 9.96. The van der Waals surface area contributed by atoms with Crippen LogP contribution in [0.3, 0.4) is 0 Å². The summed E-state index contributed by atoms with van der Waals surface area (Å²) in [6.07, 6.45) is 3.67. The molecule has 1 saturated heterocycles. The summed E-state index contributed by atoms with van der Waals surface area (Å²) in [6, 6.07) is 0. The van der Waals surface area contributed by atoms with Crippen molar-refractivity contribution in [3.8, 4) is 0 Å². The van der Waals surface area contributed by atoms with Crippen molar-refractivity contribution in [2.45, 2.75) is 90.5 Å². The topological polar surface area (TPSA) is 32.7 Å². The molecule has 102 valence electrons. The summed E-state index contributed by atoms with van der Waals surface area (Å²) < 4.78 is 0. The van der Waals surface area contributed by atoms with Gasteiger partial charge in [-0.1, -0.05) is 13.8 Å². The molecule has 0 amide bonds. The second kappa shape index (κ2) is 5.25. The van der Waals surface area contributed by atoms with Crippen LogP contribution in [0.1, 0.15) is 67.2 Å². The molecular weight excluding hydrogens is 214 g/mol. The van der Waals surface area contributed by atoms with Gasteiger partial charge < -0.3 is 5.11 Å². The molecule has 0 unspecified atom stereocenters. The summed E-state index contributed by atoms with van der Waals surface area (Å²) in [7, 11) is 0. The number of piperidine rings is 1. The van der Waals surface area contributed by atoms with E-state index < -0.39 is 0 Å². The van der Waals surface area contributed by atoms with Gasteiger partial charge in [-0.05, 0) is 53.4 Å². The standard InChI is InChI=1S/C14H29NO2/c1-7-12(8-2)17-15-13(3,4)9-11(16)10-14(15,5)6/h11-12,16H,7-10H2,1-6H3. The van der Waals surface area contributed by atoms with Gasteiger partial charge in [0.1, 0.15) is 0 Å². The molecule has 0 bridgehead atoms. The van der Waals surface area contributed by atoms with Crippen molar-refractivity contribution in [1.82, 2.24) is 5.06 Å². The SMILES string of the molecule is CCC(CC)ON1C(C)(C)CC(O)CC1(C)C. The maximum Gasteiger partial charge on any atom is 0.0788 e. The number of hydrogen-bond donors (Lipinski definition) is 1. The van der Waals surface area contributed by atoms with Crippen LogP contribution in [0.25, 0.3) is 0 Å². The van der Waals surface area contributed by atoms with E-state index >= 15 is 0 Å². The lowest BCUT2D eigenvalue weighted by atomic mass is 9.80. The van der Waals surface area contributed by atoms with Crippen LogP contribution < -0.4 is 0 Å². The first-order valence-corrected chi connectivity index (χ1v) is 6.88. The molecule has 1 fully saturated rings. The number of aliphatic hydroxyl groups excluding tert-OH is 1. The average Bonchev–Trinajstić information content (AvgIpc) is 2.14. The van der Waals surface area contributed by atoms with Crippen LogP contribution in [0.4, 0.5) is 0 Å². The van der Waals surface area contributed by atoms with Gasteiger partial charge in [-0.3, -0.25) is 4.84 Å². The highest BCUT2D eigenvalue weighted by atomic mass is 16.7. The van der Waals surface area contributed by atoms with Crippen molar-refractivity contribution in [2.75, 3.05) is 0 Å². The van der Waals surface area contributed by atoms with E-state index in [0.717, 1.165) is 25.7 Å². The van der Waals surface area contributed by atoms with E-state index in [1.165, 1.54) is 0 Å². The van der Waals surface area contributed by atoms with E-state index in [-0.39, 0.29) is 23.3 Å². The highest BCUT2D eigenvalue weighted by Crippen LogP contribution is 2.39. The van der Waals surface area contributed by atoms with Gasteiger partial charge in [0.2, 0.25) is 0 Å². The van der Waals surface area contributed by atoms with Gasteiger partial charge in [0.25, 0.3) is 0 Å². The molecule has 1 aliphatic rings. The quantitative estimate of drug-likeness (QED) is 0.823. The van der Waals surface area contributed by atoms with Crippen LogP contribution in [0, 0.1) is 0 Å². The van der Waals surface area contributed by atoms with Crippen LogP contribution >= 0.6 is 0 Å². The lowest BCUT2D eigenvalue weighted by molar-refractivity contribution is -0.314. The van der Waals surface area contributed by atoms with Gasteiger partial charge in [-0.15, -0.1) is 0 Å². The molecule has 1 N–H and O–H groups in total. The zero-order valence-electron chi connectivity index (χ0n) is 12.3. The van der Waals surface area contributed by atoms with E-state index in [9.17, 15) is 5.11 Å². The molecule has 0 radical (unpaired) electrons. The molecule has 0 saturated carbocycles. The Morgan fingerprint density at radius 3 is 1.88 bits per heavy atom. The Hall–Kier alpha value is -0.120. The van der Waals surface area contributed by atoms with Crippen molar-refractivity contribution >= 4 is 0 Å². The van der Waals surface area contributed by atoms with Crippen molar-refractivity contribution in [3.05, 3.63) is 0 Å². The summed E-state index contributed by atoms with van der Waals surface area (Å²) >= 11 is 0. The Morgan fingerprint density at radius 1 is 1.12 bits per heavy atom. The third-order valence-electron chi connectivity index (χ3n) is 3.74. The molecule has 0 aromatic rings. The average molecular weight is 243 g/mol. The summed E-state index contributed by atoms with van der Waals surface area (Å²) in [5.74, 6) is 0. The van der Waals surface area contributed by atoms with Crippen molar-refractivity contribution in [3.63, 3.8) is 0 Å². The highest BCUT2D eigenvalue weighted by Gasteiger charge is 2.46. The summed E-state index contributed by atoms with van der Waals surface area (Å²) in [5.41, 5.74) is -0.215. The molecule has 0 aliphatic carbocycles. The maximum atomic E-state index is 9.96. The Labute approximate surface area is 106 Å². The summed E-state index contributed by atoms with van der Waals surface area (Å²) in [4.78, 5) is 6.19. The second-order valence-electron chi connectivity index (χ2n) is 6.53. The molecular formula is C14H29NO2. The zero-order valence-corrected chi connectivity index (χ0v) is 12.3. The first kappa shape index (κ1) is 14.9. The first-order valence-electron chi connectivity index (χ1n) is 6.88. The molecule has 3 heteroatoms. The molecule has 3 nitrogen and oxygen atoms in total. The predicted molar refractivity (Wildman–Crippen MR) is 70.7 cm³/mol. The minimum Gasteiger partial charge on any atom is -0.393 e. The Kier molecular flexibility index (Phi) is 4.61. The van der Waals surface area contributed by atoms with E-state index in [2.05, 4.69) is 46.6 Å². The second-order valence-corrected chi connectivity index (χ2v) is 6.53. The van der Waals surface area contributed by atoms with Crippen LogP contribution in [0.5, 0.6) is 0 Å². The lowest BCUT2D eigenvalue weighted by Gasteiger charge is -2.53. The highest BCUT2D eigenvalue weighted by molar-refractivity contribution is 4.96. The van der Waals surface area contributed by atoms with E-state index in [0.29, 0.717) is 0 Å². The third kappa shape index (κ3) is 3.43. The minimum atomic E-state index is -0.221. The molecule has 0 atom stereocenters. The number of hydrogen-bond acceptors (Lipinski definition) is 3. The van der Waals surface area contributed by atoms with Crippen LogP contribution in [-0.4, -0.2) is 33.5 Å². The van der Waals surface area contributed by atoms with Crippen LogP contribution in [0.2, 0.25) is 0 Å². The Bertz CT molecular complexity index is 229. The van der Waals surface area contributed by atoms with Gasteiger partial charge in [0.05, 0.1) is 12.2 Å². The van der Waals surface area contributed by atoms with Gasteiger partial charge >= 0.3 is 0 Å². The van der Waals surface area contributed by atoms with E-state index in [1.54, 1.807) is 0 Å². The lowest BCUT2D eigenvalue weighted by Crippen LogP contribution is -2.62. The van der Waals surface area contributed by atoms with Crippen LogP contribution in [-0.2, 0) is 4.84 Å². The smallest absolute Gasteiger partial charge is 0.0788 e. The number of aliphatic hydroxyl groups is 1. The zero-order chi connectivity index (χ0) is 13.3. The molecule has 1 heterocycles. The molecule has 1 rings (SSSR count). The summed E-state index contributed by atoms with van der Waals surface area (Å²) in [6.45, 7) is 12.9. The molecule has 0 spiro atoms. The van der Waals surface area contributed by atoms with Gasteiger partial charge in [-0.2, -0.15) is 5.06 Å². The van der Waals surface area contributed by atoms with Crippen molar-refractivity contribution < 1.29 is 9.94 Å². The first-order chi connectivity index (χ1) is 7.73. The Balaban J connectivity index is 2.84. The fourth-order valence-electron chi connectivity index (χ4n) is 3.08. The van der Waals surface area contributed by atoms with Crippen molar-refractivity contribution in [1.29, 1.82) is 0 Å². The van der Waals surface area contributed by atoms with Gasteiger partial charge in [0, 0.05) is 11.1 Å². The molecule has 0 aromatic carbocycles. The predicted octanol–water partition coefficient (Wildman–Crippen LogP) is 3.12. The summed E-state index contributed by atoms with van der Waals surface area (Å²) in [5, 5.41) is 12.1. The van der Waals surface area contributed by atoms with Crippen LogP contribution in [0.15, 0.2) is 0 Å². The molecule has 1 aliphatic heterocycles. The number of rotatable bonds is 4. The van der Waals surface area contributed by atoms with Crippen molar-refractivity contribution in [2.24, 2.45) is 0 Å². The fourth-order valence-corrected chi connectivity index (χ4v) is 3.08. The molecule has 0 aromatic heterocycles. The van der Waals surface area contributed by atoms with Gasteiger partial charge in [0.15, 0.2) is 0 Å². The normalized spacial score (nSPS) is 25.4. The molecule has 17 heavy (non-hydrogen) atoms.